The third-order valence-corrected chi connectivity index (χ3v) is 4.52. The second kappa shape index (κ2) is 7.25. The number of hydrogen-bond acceptors (Lipinski definition) is 6. The fourth-order valence-corrected chi connectivity index (χ4v) is 3.20. The molecule has 0 aliphatic carbocycles. The predicted molar refractivity (Wildman–Crippen MR) is 106 cm³/mol. The Hall–Kier alpha value is -3.50. The molecule has 4 aromatic rings. The first-order valence-corrected chi connectivity index (χ1v) is 9.76. The van der Waals surface area contributed by atoms with E-state index in [0.717, 1.165) is 16.6 Å². The van der Waals surface area contributed by atoms with Gasteiger partial charge in [0.05, 0.1) is 23.0 Å². The van der Waals surface area contributed by atoms with Crippen LogP contribution in [0.3, 0.4) is 0 Å². The minimum Gasteiger partial charge on any atom is -0.365 e. The summed E-state index contributed by atoms with van der Waals surface area (Å²) in [5.74, 6) is 0.646. The Labute approximate surface area is 161 Å². The summed E-state index contributed by atoms with van der Waals surface area (Å²) in [5, 5.41) is 8.44. The summed E-state index contributed by atoms with van der Waals surface area (Å²) in [4.78, 5) is 8.63. The first-order valence-electron chi connectivity index (χ1n) is 8.32. The molecule has 0 unspecified atom stereocenters. The van der Waals surface area contributed by atoms with E-state index in [1.54, 1.807) is 35.1 Å². The van der Waals surface area contributed by atoms with Gasteiger partial charge in [-0.25, -0.2) is 14.6 Å². The van der Waals surface area contributed by atoms with Crippen LogP contribution in [-0.2, 0) is 16.8 Å². The number of nitrogens with zero attached hydrogens (tertiary/aromatic N) is 4. The van der Waals surface area contributed by atoms with Crippen molar-refractivity contribution in [3.05, 3.63) is 72.7 Å². The first-order chi connectivity index (χ1) is 13.5. The zero-order chi connectivity index (χ0) is 19.6. The molecule has 10 heteroatoms. The molecule has 2 aromatic carbocycles. The van der Waals surface area contributed by atoms with Gasteiger partial charge >= 0.3 is 10.3 Å². The van der Waals surface area contributed by atoms with Crippen LogP contribution in [0.2, 0.25) is 0 Å². The van der Waals surface area contributed by atoms with E-state index in [2.05, 4.69) is 20.4 Å². The normalized spacial score (nSPS) is 11.5. The highest BCUT2D eigenvalue weighted by Crippen LogP contribution is 2.22. The van der Waals surface area contributed by atoms with Crippen molar-refractivity contribution in [1.82, 2.24) is 19.7 Å². The molecule has 4 rings (SSSR count). The molecule has 2 aromatic heterocycles. The number of hydrogen-bond donors (Lipinski definition) is 3. The average Bonchev–Trinajstić information content (AvgIpc) is 3.12. The van der Waals surface area contributed by atoms with Gasteiger partial charge in [0, 0.05) is 6.54 Å². The molecule has 0 bridgehead atoms. The van der Waals surface area contributed by atoms with Crippen molar-refractivity contribution < 1.29 is 13.0 Å². The number of aromatic nitrogens is 4. The van der Waals surface area contributed by atoms with Gasteiger partial charge in [-0.3, -0.25) is 9.27 Å². The maximum atomic E-state index is 10.8. The van der Waals surface area contributed by atoms with Gasteiger partial charge in [0.15, 0.2) is 5.65 Å². The monoisotopic (exact) mass is 396 g/mol. The number of para-hydroxylation sites is 1. The van der Waals surface area contributed by atoms with Crippen LogP contribution in [0.5, 0.6) is 0 Å². The van der Waals surface area contributed by atoms with Gasteiger partial charge in [-0.15, -0.1) is 0 Å². The number of rotatable bonds is 6. The van der Waals surface area contributed by atoms with Crippen LogP contribution in [0.25, 0.3) is 16.7 Å². The molecule has 142 valence electrons. The highest BCUT2D eigenvalue weighted by atomic mass is 32.2. The average molecular weight is 396 g/mol. The highest BCUT2D eigenvalue weighted by Gasteiger charge is 2.11. The van der Waals surface area contributed by atoms with Crippen molar-refractivity contribution in [2.45, 2.75) is 6.54 Å². The van der Waals surface area contributed by atoms with Crippen molar-refractivity contribution >= 4 is 32.8 Å². The van der Waals surface area contributed by atoms with Gasteiger partial charge in [0.2, 0.25) is 0 Å². The molecule has 0 aliphatic heterocycles. The van der Waals surface area contributed by atoms with Gasteiger partial charge in [-0.05, 0) is 29.8 Å². The smallest absolute Gasteiger partial charge is 0.357 e. The van der Waals surface area contributed by atoms with Gasteiger partial charge in [0.25, 0.3) is 0 Å². The van der Waals surface area contributed by atoms with E-state index in [9.17, 15) is 8.42 Å². The van der Waals surface area contributed by atoms with E-state index >= 15 is 0 Å². The van der Waals surface area contributed by atoms with Gasteiger partial charge in [0.1, 0.15) is 12.1 Å². The fraction of sp³-hybridized carbons (Fsp3) is 0.0556. The van der Waals surface area contributed by atoms with Crippen molar-refractivity contribution in [3.8, 4) is 5.69 Å². The lowest BCUT2D eigenvalue weighted by Gasteiger charge is -2.08. The second-order valence-electron chi connectivity index (χ2n) is 5.98. The molecule has 0 amide bonds. The first kappa shape index (κ1) is 17.9. The van der Waals surface area contributed by atoms with Gasteiger partial charge in [-0.1, -0.05) is 30.3 Å². The summed E-state index contributed by atoms with van der Waals surface area (Å²) in [6.45, 7) is 0.467. The number of anilines is 2. The Kier molecular flexibility index (Phi) is 4.63. The van der Waals surface area contributed by atoms with Crippen LogP contribution < -0.4 is 10.0 Å². The maximum Gasteiger partial charge on any atom is 0.357 e. The van der Waals surface area contributed by atoms with Crippen molar-refractivity contribution in [2.75, 3.05) is 10.0 Å². The van der Waals surface area contributed by atoms with E-state index in [1.165, 1.54) is 6.33 Å². The lowest BCUT2D eigenvalue weighted by atomic mass is 10.2. The minimum atomic E-state index is -4.28. The SMILES string of the molecule is O=S(=O)(O)Nc1ccc(CNc2ncnc3c2cnn3-c2ccccc2)cc1. The Bertz CT molecular complexity index is 1210. The summed E-state index contributed by atoms with van der Waals surface area (Å²) in [7, 11) is -4.28. The van der Waals surface area contributed by atoms with Crippen LogP contribution >= 0.6 is 0 Å². The van der Waals surface area contributed by atoms with Gasteiger partial charge < -0.3 is 5.32 Å². The molecule has 9 nitrogen and oxygen atoms in total. The molecular weight excluding hydrogens is 380 g/mol. The number of fused-ring (bicyclic) bond motifs is 1. The number of benzene rings is 2. The predicted octanol–water partition coefficient (Wildman–Crippen LogP) is 2.64. The zero-order valence-corrected chi connectivity index (χ0v) is 15.3. The van der Waals surface area contributed by atoms with Crippen LogP contribution in [-0.4, -0.2) is 32.7 Å². The molecule has 3 N–H and O–H groups in total. The zero-order valence-electron chi connectivity index (χ0n) is 14.5. The van der Waals surface area contributed by atoms with E-state index in [1.807, 2.05) is 35.1 Å². The standard InChI is InChI=1S/C18H16N6O3S/c25-28(26,27)23-14-8-6-13(7-9-14)10-19-17-16-11-22-24(18(16)21-12-20-17)15-4-2-1-3-5-15/h1-9,11-12,23H,10H2,(H,19,20,21)(H,25,26,27). The number of nitrogens with one attached hydrogen (secondary N) is 2. The molecular formula is C18H16N6O3S. The molecule has 2 heterocycles. The quantitative estimate of drug-likeness (QED) is 0.428. The lowest BCUT2D eigenvalue weighted by molar-refractivity contribution is 0.489. The summed E-state index contributed by atoms with van der Waals surface area (Å²) in [5.41, 5.74) is 2.78. The molecule has 28 heavy (non-hydrogen) atoms. The minimum absolute atomic E-state index is 0.278. The second-order valence-corrected chi connectivity index (χ2v) is 7.13. The summed E-state index contributed by atoms with van der Waals surface area (Å²) in [6, 6.07) is 16.3. The topological polar surface area (TPSA) is 122 Å². The van der Waals surface area contributed by atoms with Crippen LogP contribution in [0.4, 0.5) is 11.5 Å². The molecule has 0 atom stereocenters. The van der Waals surface area contributed by atoms with E-state index in [4.69, 9.17) is 4.55 Å². The van der Waals surface area contributed by atoms with Crippen LogP contribution in [0.15, 0.2) is 67.1 Å². The third-order valence-electron chi connectivity index (χ3n) is 4.03. The Balaban J connectivity index is 1.53. The molecule has 0 fully saturated rings. The van der Waals surface area contributed by atoms with Crippen LogP contribution in [0.1, 0.15) is 5.56 Å². The summed E-state index contributed by atoms with van der Waals surface area (Å²) in [6.07, 6.45) is 3.19. The highest BCUT2D eigenvalue weighted by molar-refractivity contribution is 7.87. The van der Waals surface area contributed by atoms with Crippen molar-refractivity contribution in [3.63, 3.8) is 0 Å². The van der Waals surface area contributed by atoms with E-state index in [-0.39, 0.29) is 5.69 Å². The van der Waals surface area contributed by atoms with Crippen molar-refractivity contribution in [1.29, 1.82) is 0 Å². The summed E-state index contributed by atoms with van der Waals surface area (Å²) < 4.78 is 34.2. The Morgan fingerprint density at radius 1 is 1.00 bits per heavy atom. The molecule has 0 aliphatic rings. The fourth-order valence-electron chi connectivity index (χ4n) is 2.77. The summed E-state index contributed by atoms with van der Waals surface area (Å²) >= 11 is 0. The molecule has 0 saturated carbocycles. The maximum absolute atomic E-state index is 10.8. The van der Waals surface area contributed by atoms with E-state index in [0.29, 0.717) is 18.0 Å². The third kappa shape index (κ3) is 3.92. The molecule has 0 radical (unpaired) electrons. The Morgan fingerprint density at radius 3 is 2.46 bits per heavy atom. The van der Waals surface area contributed by atoms with E-state index < -0.39 is 10.3 Å². The van der Waals surface area contributed by atoms with Crippen LogP contribution in [0, 0.1) is 0 Å². The molecule has 0 saturated heterocycles. The largest absolute Gasteiger partial charge is 0.365 e. The lowest BCUT2D eigenvalue weighted by Crippen LogP contribution is -2.10. The van der Waals surface area contributed by atoms with Gasteiger partial charge in [-0.2, -0.15) is 13.5 Å². The van der Waals surface area contributed by atoms with Crippen molar-refractivity contribution in [2.24, 2.45) is 0 Å². The Morgan fingerprint density at radius 2 is 1.75 bits per heavy atom. The molecule has 0 spiro atoms.